The Morgan fingerprint density at radius 1 is 1.25 bits per heavy atom. The summed E-state index contributed by atoms with van der Waals surface area (Å²) >= 11 is 12.0. The summed E-state index contributed by atoms with van der Waals surface area (Å²) in [4.78, 5) is 30.1. The van der Waals surface area contributed by atoms with Crippen molar-refractivity contribution in [1.82, 2.24) is 30.0 Å². The van der Waals surface area contributed by atoms with Gasteiger partial charge in [-0.25, -0.2) is 0 Å². The number of halogens is 2. The Kier molecular flexibility index (Phi) is 5.63. The second kappa shape index (κ2) is 7.67. The van der Waals surface area contributed by atoms with Gasteiger partial charge in [-0.3, -0.25) is 9.59 Å². The smallest absolute Gasteiger partial charge is 0.295 e. The summed E-state index contributed by atoms with van der Waals surface area (Å²) in [6.07, 6.45) is 0.659. The lowest BCUT2D eigenvalue weighted by Crippen LogP contribution is -2.40. The predicted molar refractivity (Wildman–Crippen MR) is 106 cm³/mol. The van der Waals surface area contributed by atoms with E-state index in [9.17, 15) is 9.59 Å². The van der Waals surface area contributed by atoms with Crippen LogP contribution in [0.25, 0.3) is 0 Å². The van der Waals surface area contributed by atoms with Gasteiger partial charge in [0, 0.05) is 25.2 Å². The van der Waals surface area contributed by atoms with Crippen molar-refractivity contribution in [3.63, 3.8) is 0 Å². The number of aromatic nitrogens is 4. The number of hydrogen-bond donors (Lipinski definition) is 0. The van der Waals surface area contributed by atoms with Crippen LogP contribution in [0.2, 0.25) is 10.0 Å². The summed E-state index contributed by atoms with van der Waals surface area (Å²) in [5, 5.41) is 12.8. The molecule has 8 nitrogen and oxygen atoms in total. The Morgan fingerprint density at radius 2 is 1.96 bits per heavy atom. The molecule has 1 atom stereocenters. The topological polar surface area (TPSA) is 84.2 Å². The third-order valence-corrected chi connectivity index (χ3v) is 5.23. The molecule has 28 heavy (non-hydrogen) atoms. The first-order chi connectivity index (χ1) is 13.1. The molecule has 2 aromatic rings. The number of likely N-dealkylation sites (tertiary alicyclic amines) is 1. The van der Waals surface area contributed by atoms with Crippen LogP contribution >= 0.6 is 23.2 Å². The number of carbonyl (C=O) groups excluding carboxylic acids is 2. The molecule has 2 amide bonds. The first-order valence-corrected chi connectivity index (χ1v) is 9.65. The van der Waals surface area contributed by atoms with E-state index in [1.54, 1.807) is 35.0 Å². The highest BCUT2D eigenvalue weighted by atomic mass is 35.5. The highest BCUT2D eigenvalue weighted by molar-refractivity contribution is 6.36. The summed E-state index contributed by atoms with van der Waals surface area (Å²) in [6, 6.07) is 4.66. The van der Waals surface area contributed by atoms with E-state index in [0.717, 1.165) is 0 Å². The van der Waals surface area contributed by atoms with Gasteiger partial charge in [0.1, 0.15) is 0 Å². The van der Waals surface area contributed by atoms with E-state index in [-0.39, 0.29) is 29.2 Å². The largest absolute Gasteiger partial charge is 0.336 e. The normalized spacial score (nSPS) is 17.1. The first kappa shape index (κ1) is 20.5. The lowest BCUT2D eigenvalue weighted by molar-refractivity contribution is 0.0691. The van der Waals surface area contributed by atoms with Crippen molar-refractivity contribution < 1.29 is 9.59 Å². The number of tetrazole rings is 1. The van der Waals surface area contributed by atoms with Crippen molar-refractivity contribution in [2.24, 2.45) is 0 Å². The molecule has 1 fully saturated rings. The summed E-state index contributed by atoms with van der Waals surface area (Å²) in [5.41, 5.74) is 0.0360. The van der Waals surface area contributed by atoms with Crippen molar-refractivity contribution in [3.05, 3.63) is 39.6 Å². The quantitative estimate of drug-likeness (QED) is 0.755. The van der Waals surface area contributed by atoms with Crippen molar-refractivity contribution in [3.8, 4) is 0 Å². The maximum Gasteiger partial charge on any atom is 0.295 e. The molecular weight excluding hydrogens is 403 g/mol. The molecule has 2 heterocycles. The molecule has 150 valence electrons. The van der Waals surface area contributed by atoms with Gasteiger partial charge >= 0.3 is 0 Å². The molecule has 0 spiro atoms. The highest BCUT2D eigenvalue weighted by Gasteiger charge is 2.34. The van der Waals surface area contributed by atoms with Crippen molar-refractivity contribution >= 4 is 35.0 Å². The molecule has 1 aromatic carbocycles. The molecule has 0 radical (unpaired) electrons. The van der Waals surface area contributed by atoms with Crippen LogP contribution in [-0.4, -0.2) is 68.0 Å². The Labute approximate surface area is 173 Å². The van der Waals surface area contributed by atoms with E-state index in [4.69, 9.17) is 23.2 Å². The monoisotopic (exact) mass is 424 g/mol. The van der Waals surface area contributed by atoms with Gasteiger partial charge in [0.15, 0.2) is 0 Å². The molecule has 1 aliphatic heterocycles. The van der Waals surface area contributed by atoms with Gasteiger partial charge in [-0.15, -0.1) is 10.2 Å². The van der Waals surface area contributed by atoms with Crippen LogP contribution in [0.4, 0.5) is 0 Å². The predicted octanol–water partition coefficient (Wildman–Crippen LogP) is 2.72. The highest BCUT2D eigenvalue weighted by Crippen LogP contribution is 2.25. The number of benzene rings is 1. The molecule has 3 rings (SSSR count). The zero-order valence-corrected chi connectivity index (χ0v) is 17.7. The molecule has 1 saturated heterocycles. The number of carbonyl (C=O) groups is 2. The van der Waals surface area contributed by atoms with Gasteiger partial charge in [0.05, 0.1) is 22.2 Å². The van der Waals surface area contributed by atoms with Gasteiger partial charge < -0.3 is 9.80 Å². The van der Waals surface area contributed by atoms with Gasteiger partial charge in [0.25, 0.3) is 17.6 Å². The average molecular weight is 425 g/mol. The molecule has 10 heteroatoms. The Balaban J connectivity index is 1.68. The first-order valence-electron chi connectivity index (χ1n) is 8.90. The van der Waals surface area contributed by atoms with Crippen LogP contribution in [-0.2, 0) is 5.54 Å². The summed E-state index contributed by atoms with van der Waals surface area (Å²) in [5.74, 6) is -0.455. The van der Waals surface area contributed by atoms with Gasteiger partial charge in [-0.2, -0.15) is 4.80 Å². The van der Waals surface area contributed by atoms with E-state index in [2.05, 4.69) is 15.4 Å². The van der Waals surface area contributed by atoms with Gasteiger partial charge in [-0.05, 0) is 50.6 Å². The Hall–Kier alpha value is -2.19. The minimum Gasteiger partial charge on any atom is -0.336 e. The van der Waals surface area contributed by atoms with E-state index < -0.39 is 0 Å². The number of rotatable bonds is 3. The van der Waals surface area contributed by atoms with E-state index in [1.165, 1.54) is 4.80 Å². The van der Waals surface area contributed by atoms with Crippen molar-refractivity contribution in [2.75, 3.05) is 20.1 Å². The lowest BCUT2D eigenvalue weighted by atomic mass is 10.1. The van der Waals surface area contributed by atoms with Crippen molar-refractivity contribution in [2.45, 2.75) is 38.8 Å². The molecule has 0 aliphatic carbocycles. The molecule has 1 aliphatic rings. The minimum absolute atomic E-state index is 0.0444. The zero-order chi connectivity index (χ0) is 20.6. The van der Waals surface area contributed by atoms with E-state index >= 15 is 0 Å². The zero-order valence-electron chi connectivity index (χ0n) is 16.2. The van der Waals surface area contributed by atoms with Crippen molar-refractivity contribution in [1.29, 1.82) is 0 Å². The lowest BCUT2D eigenvalue weighted by Gasteiger charge is -2.24. The fraction of sp³-hybridized carbons (Fsp3) is 0.500. The maximum atomic E-state index is 12.8. The molecule has 0 bridgehead atoms. The summed E-state index contributed by atoms with van der Waals surface area (Å²) in [6.45, 7) is 6.72. The van der Waals surface area contributed by atoms with Crippen LogP contribution in [0.1, 0.15) is 48.2 Å². The standard InChI is InChI=1S/C18H22Cl2N6O2/c1-18(2,3)26-22-15(21-23-26)17(28)24(4)12-7-8-25(10-12)16(27)13-6-5-11(19)9-14(13)20/h5-6,9,12H,7-8,10H2,1-4H3. The third kappa shape index (κ3) is 4.12. The Morgan fingerprint density at radius 3 is 2.57 bits per heavy atom. The van der Waals surface area contributed by atoms with Crippen LogP contribution in [0.5, 0.6) is 0 Å². The second-order valence-corrected chi connectivity index (χ2v) is 8.65. The molecule has 0 N–H and O–H groups in total. The van der Waals surface area contributed by atoms with Gasteiger partial charge in [0.2, 0.25) is 0 Å². The third-order valence-electron chi connectivity index (χ3n) is 4.69. The molecule has 1 aromatic heterocycles. The van der Waals surface area contributed by atoms with Crippen LogP contribution in [0.3, 0.4) is 0 Å². The summed E-state index contributed by atoms with van der Waals surface area (Å²) < 4.78 is 0. The average Bonchev–Trinajstić information content (AvgIpc) is 3.29. The summed E-state index contributed by atoms with van der Waals surface area (Å²) in [7, 11) is 1.69. The number of amides is 2. The minimum atomic E-state index is -0.363. The maximum absolute atomic E-state index is 12.8. The second-order valence-electron chi connectivity index (χ2n) is 7.81. The number of likely N-dealkylation sites (N-methyl/N-ethyl adjacent to an activating group) is 1. The fourth-order valence-electron chi connectivity index (χ4n) is 2.98. The Bertz CT molecular complexity index is 908. The van der Waals surface area contributed by atoms with Gasteiger partial charge in [-0.1, -0.05) is 23.2 Å². The number of nitrogens with zero attached hydrogens (tertiary/aromatic N) is 6. The number of hydrogen-bond acceptors (Lipinski definition) is 5. The fourth-order valence-corrected chi connectivity index (χ4v) is 3.47. The molecular formula is C18H22Cl2N6O2. The molecule has 1 unspecified atom stereocenters. The van der Waals surface area contributed by atoms with Crippen LogP contribution in [0.15, 0.2) is 18.2 Å². The van der Waals surface area contributed by atoms with Crippen LogP contribution in [0, 0.1) is 0 Å². The SMILES string of the molecule is CN(C(=O)c1nnn(C(C)(C)C)n1)C1CCN(C(=O)c2ccc(Cl)cc2Cl)C1. The van der Waals surface area contributed by atoms with E-state index in [1.807, 2.05) is 20.8 Å². The van der Waals surface area contributed by atoms with E-state index in [0.29, 0.717) is 35.1 Å². The molecule has 0 saturated carbocycles. The van der Waals surface area contributed by atoms with Crippen LogP contribution < -0.4 is 0 Å².